The van der Waals surface area contributed by atoms with E-state index in [1.54, 1.807) is 11.8 Å². The Morgan fingerprint density at radius 1 is 1.67 bits per heavy atom. The molecule has 0 bridgehead atoms. The van der Waals surface area contributed by atoms with Gasteiger partial charge in [-0.15, -0.1) is 0 Å². The molecule has 1 heterocycles. The highest BCUT2D eigenvalue weighted by Gasteiger charge is 2.09. The van der Waals surface area contributed by atoms with E-state index < -0.39 is 0 Å². The van der Waals surface area contributed by atoms with E-state index in [2.05, 4.69) is 23.6 Å². The van der Waals surface area contributed by atoms with E-state index in [1.165, 1.54) is 6.20 Å². The lowest BCUT2D eigenvalue weighted by Crippen LogP contribution is -2.25. The first-order valence-electron chi connectivity index (χ1n) is 5.73. The number of hydrogen-bond donors (Lipinski definition) is 2. The quantitative estimate of drug-likeness (QED) is 0.796. The number of nitrogens with zero attached hydrogens (tertiary/aromatic N) is 2. The number of aromatic nitrogens is 2. The molecule has 0 aliphatic carbocycles. The minimum absolute atomic E-state index is 0.121. The molecule has 2 N–H and O–H groups in total. The van der Waals surface area contributed by atoms with E-state index in [9.17, 15) is 4.79 Å². The van der Waals surface area contributed by atoms with Crippen LogP contribution in [0.5, 0.6) is 0 Å². The number of aliphatic hydroxyl groups is 1. The molecule has 7 heteroatoms. The lowest BCUT2D eigenvalue weighted by atomic mass is 10.3. The summed E-state index contributed by atoms with van der Waals surface area (Å²) in [6, 6.07) is 0. The third-order valence-corrected chi connectivity index (χ3v) is 3.97. The van der Waals surface area contributed by atoms with Crippen LogP contribution in [0.4, 0.5) is 5.69 Å². The zero-order chi connectivity index (χ0) is 13.5. The lowest BCUT2D eigenvalue weighted by molar-refractivity contribution is 0.266. The Bertz CT molecular complexity index is 439. The first-order valence-corrected chi connectivity index (χ1v) is 7.40. The molecular formula is C11H18ClN3O2S. The highest BCUT2D eigenvalue weighted by molar-refractivity contribution is 7.99. The van der Waals surface area contributed by atoms with Crippen LogP contribution < -0.4 is 10.9 Å². The van der Waals surface area contributed by atoms with Crippen molar-refractivity contribution in [1.29, 1.82) is 0 Å². The van der Waals surface area contributed by atoms with Gasteiger partial charge in [-0.05, 0) is 12.7 Å². The summed E-state index contributed by atoms with van der Waals surface area (Å²) in [5.74, 6) is 0. The Hall–Kier alpha value is -0.720. The second-order valence-electron chi connectivity index (χ2n) is 3.89. The minimum Gasteiger partial charge on any atom is -0.394 e. The van der Waals surface area contributed by atoms with E-state index in [1.807, 2.05) is 0 Å². The van der Waals surface area contributed by atoms with E-state index in [0.717, 1.165) is 17.6 Å². The van der Waals surface area contributed by atoms with Crippen molar-refractivity contribution in [3.63, 3.8) is 0 Å². The molecule has 1 aromatic heterocycles. The van der Waals surface area contributed by atoms with Crippen LogP contribution in [0.15, 0.2) is 11.0 Å². The van der Waals surface area contributed by atoms with Gasteiger partial charge >= 0.3 is 0 Å². The number of thioether (sulfide) groups is 1. The number of aliphatic hydroxyl groups excluding tert-OH is 1. The maximum absolute atomic E-state index is 11.7. The largest absolute Gasteiger partial charge is 0.394 e. The van der Waals surface area contributed by atoms with Crippen molar-refractivity contribution in [2.24, 2.45) is 0 Å². The molecule has 1 aromatic rings. The topological polar surface area (TPSA) is 67.2 Å². The smallest absolute Gasteiger partial charge is 0.287 e. The molecule has 0 fully saturated rings. The minimum atomic E-state index is -0.381. The number of halogens is 1. The summed E-state index contributed by atoms with van der Waals surface area (Å²) in [5.41, 5.74) is 0.165. The molecule has 0 aliphatic heterocycles. The Morgan fingerprint density at radius 3 is 3.00 bits per heavy atom. The fourth-order valence-electron chi connectivity index (χ4n) is 1.37. The van der Waals surface area contributed by atoms with Gasteiger partial charge in [-0.25, -0.2) is 4.68 Å². The molecule has 18 heavy (non-hydrogen) atoms. The highest BCUT2D eigenvalue weighted by Crippen LogP contribution is 2.16. The SMILES string of the molecule is CSC(C)CCNc1cnn(CCO)c(=O)c1Cl. The van der Waals surface area contributed by atoms with Gasteiger partial charge in [-0.3, -0.25) is 4.79 Å². The van der Waals surface area contributed by atoms with Crippen molar-refractivity contribution in [3.8, 4) is 0 Å². The molecule has 0 saturated heterocycles. The maximum Gasteiger partial charge on any atom is 0.287 e. The molecule has 0 radical (unpaired) electrons. The second kappa shape index (κ2) is 7.66. The molecule has 0 saturated carbocycles. The standard InChI is InChI=1S/C11H18ClN3O2S/c1-8(18-2)3-4-13-9-7-14-15(5-6-16)11(17)10(9)12/h7-8,13,16H,3-6H2,1-2H3. The van der Waals surface area contributed by atoms with Crippen LogP contribution in [-0.2, 0) is 6.54 Å². The summed E-state index contributed by atoms with van der Waals surface area (Å²) in [7, 11) is 0. The average molecular weight is 292 g/mol. The predicted molar refractivity (Wildman–Crippen MR) is 76.7 cm³/mol. The monoisotopic (exact) mass is 291 g/mol. The van der Waals surface area contributed by atoms with Gasteiger partial charge < -0.3 is 10.4 Å². The van der Waals surface area contributed by atoms with Gasteiger partial charge in [-0.2, -0.15) is 16.9 Å². The van der Waals surface area contributed by atoms with Crippen molar-refractivity contribution in [2.45, 2.75) is 25.1 Å². The molecular weight excluding hydrogens is 274 g/mol. The molecule has 5 nitrogen and oxygen atoms in total. The van der Waals surface area contributed by atoms with Crippen LogP contribution in [0.1, 0.15) is 13.3 Å². The van der Waals surface area contributed by atoms with Crippen molar-refractivity contribution < 1.29 is 5.11 Å². The van der Waals surface area contributed by atoms with E-state index >= 15 is 0 Å². The summed E-state index contributed by atoms with van der Waals surface area (Å²) >= 11 is 7.75. The van der Waals surface area contributed by atoms with Crippen LogP contribution in [0.25, 0.3) is 0 Å². The van der Waals surface area contributed by atoms with Gasteiger partial charge in [0, 0.05) is 11.8 Å². The van der Waals surface area contributed by atoms with Crippen molar-refractivity contribution >= 4 is 29.1 Å². The Labute approximate surface area is 116 Å². The van der Waals surface area contributed by atoms with Crippen LogP contribution in [-0.4, -0.2) is 39.5 Å². The summed E-state index contributed by atoms with van der Waals surface area (Å²) in [6.45, 7) is 2.90. The average Bonchev–Trinajstić information content (AvgIpc) is 2.37. The van der Waals surface area contributed by atoms with Gasteiger partial charge in [0.2, 0.25) is 0 Å². The lowest BCUT2D eigenvalue weighted by Gasteiger charge is -2.11. The fourth-order valence-corrected chi connectivity index (χ4v) is 1.94. The number of nitrogens with one attached hydrogen (secondary N) is 1. The zero-order valence-corrected chi connectivity index (χ0v) is 12.1. The Morgan fingerprint density at radius 2 is 2.39 bits per heavy atom. The first-order chi connectivity index (χ1) is 8.60. The third kappa shape index (κ3) is 4.19. The molecule has 1 atom stereocenters. The van der Waals surface area contributed by atoms with Gasteiger partial charge in [0.25, 0.3) is 5.56 Å². The third-order valence-electron chi connectivity index (χ3n) is 2.57. The zero-order valence-electron chi connectivity index (χ0n) is 10.5. The predicted octanol–water partition coefficient (Wildman–Crippen LogP) is 1.44. The molecule has 102 valence electrons. The molecule has 1 rings (SSSR count). The molecule has 0 aromatic carbocycles. The van der Waals surface area contributed by atoms with Gasteiger partial charge in [0.15, 0.2) is 0 Å². The number of hydrogen-bond acceptors (Lipinski definition) is 5. The molecule has 1 unspecified atom stereocenters. The summed E-state index contributed by atoms with van der Waals surface area (Å²) in [6.07, 6.45) is 4.57. The van der Waals surface area contributed by atoms with E-state index in [0.29, 0.717) is 10.9 Å². The normalized spacial score (nSPS) is 12.4. The van der Waals surface area contributed by atoms with Crippen molar-refractivity contribution in [1.82, 2.24) is 9.78 Å². The molecule has 0 amide bonds. The van der Waals surface area contributed by atoms with Crippen LogP contribution in [0.2, 0.25) is 5.02 Å². The van der Waals surface area contributed by atoms with Crippen molar-refractivity contribution in [2.75, 3.05) is 24.7 Å². The first kappa shape index (κ1) is 15.3. The van der Waals surface area contributed by atoms with E-state index in [-0.39, 0.29) is 23.7 Å². The molecule has 0 aliphatic rings. The van der Waals surface area contributed by atoms with Gasteiger partial charge in [0.05, 0.1) is 25.0 Å². The Balaban J connectivity index is 2.68. The van der Waals surface area contributed by atoms with Gasteiger partial charge in [-0.1, -0.05) is 18.5 Å². The summed E-state index contributed by atoms with van der Waals surface area (Å²) in [4.78, 5) is 11.7. The van der Waals surface area contributed by atoms with Gasteiger partial charge in [0.1, 0.15) is 5.02 Å². The summed E-state index contributed by atoms with van der Waals surface area (Å²) < 4.78 is 1.15. The molecule has 0 spiro atoms. The second-order valence-corrected chi connectivity index (χ2v) is 5.54. The highest BCUT2D eigenvalue weighted by atomic mass is 35.5. The van der Waals surface area contributed by atoms with E-state index in [4.69, 9.17) is 16.7 Å². The van der Waals surface area contributed by atoms with Crippen LogP contribution in [0, 0.1) is 0 Å². The van der Waals surface area contributed by atoms with Crippen LogP contribution >= 0.6 is 23.4 Å². The summed E-state index contributed by atoms with van der Waals surface area (Å²) in [5, 5.41) is 16.5. The number of rotatable bonds is 7. The fraction of sp³-hybridized carbons (Fsp3) is 0.636. The Kier molecular flexibility index (Phi) is 6.52. The van der Waals surface area contributed by atoms with Crippen LogP contribution in [0.3, 0.4) is 0 Å². The van der Waals surface area contributed by atoms with Crippen molar-refractivity contribution in [3.05, 3.63) is 21.6 Å². The maximum atomic E-state index is 11.7. The number of anilines is 1.